The Hall–Kier alpha value is -2.66. The maximum absolute atomic E-state index is 13.8. The van der Waals surface area contributed by atoms with Gasteiger partial charge in [-0.25, -0.2) is 5.06 Å². The number of hydrogen-bond donors (Lipinski definition) is 2. The standard InChI is InChI=1S/C30H45F3N4O4/c1-5-35(17-22-10-12-24(13-11-22)30(31,32)33)25-14-15-36(19-25)28(40)26(29(2,3)4)34-27(39)23(18-37(41)20-38)16-21-8-6-7-9-21/h10-13,20-21,23,25-26,41H,5-9,14-19H2,1-4H3,(H,34,39)/t23-,25-,26-/m1/s1. The van der Waals surface area contributed by atoms with E-state index in [9.17, 15) is 32.8 Å². The predicted octanol–water partition coefficient (Wildman–Crippen LogP) is 4.70. The summed E-state index contributed by atoms with van der Waals surface area (Å²) >= 11 is 0. The lowest BCUT2D eigenvalue weighted by atomic mass is 9.84. The number of rotatable bonds is 12. The normalized spacial score (nSPS) is 19.8. The summed E-state index contributed by atoms with van der Waals surface area (Å²) in [6.45, 7) is 9.64. The predicted molar refractivity (Wildman–Crippen MR) is 149 cm³/mol. The average molecular weight is 583 g/mol. The van der Waals surface area contributed by atoms with E-state index in [4.69, 9.17) is 0 Å². The number of halogens is 3. The molecule has 1 aromatic carbocycles. The molecule has 2 fully saturated rings. The Morgan fingerprint density at radius 2 is 1.76 bits per heavy atom. The molecule has 8 nitrogen and oxygen atoms in total. The number of alkyl halides is 3. The van der Waals surface area contributed by atoms with Crippen LogP contribution >= 0.6 is 0 Å². The molecular weight excluding hydrogens is 537 g/mol. The van der Waals surface area contributed by atoms with Crippen molar-refractivity contribution in [1.29, 1.82) is 0 Å². The Labute approximate surface area is 241 Å². The van der Waals surface area contributed by atoms with E-state index in [-0.39, 0.29) is 30.8 Å². The fourth-order valence-electron chi connectivity index (χ4n) is 6.05. The monoisotopic (exact) mass is 582 g/mol. The van der Waals surface area contributed by atoms with Crippen LogP contribution in [0.3, 0.4) is 0 Å². The first-order valence-electron chi connectivity index (χ1n) is 14.6. The molecule has 1 heterocycles. The Morgan fingerprint density at radius 1 is 1.12 bits per heavy atom. The molecule has 0 radical (unpaired) electrons. The third kappa shape index (κ3) is 9.16. The zero-order valence-electron chi connectivity index (χ0n) is 24.6. The molecule has 1 saturated carbocycles. The second-order valence-electron chi connectivity index (χ2n) is 12.6. The minimum Gasteiger partial charge on any atom is -0.344 e. The van der Waals surface area contributed by atoms with Crippen molar-refractivity contribution in [3.63, 3.8) is 0 Å². The number of benzene rings is 1. The van der Waals surface area contributed by atoms with Crippen molar-refractivity contribution >= 4 is 18.2 Å². The Kier molecular flexibility index (Phi) is 11.2. The summed E-state index contributed by atoms with van der Waals surface area (Å²) in [6, 6.07) is 4.41. The van der Waals surface area contributed by atoms with Crippen molar-refractivity contribution in [2.45, 2.75) is 91.0 Å². The van der Waals surface area contributed by atoms with Gasteiger partial charge in [-0.3, -0.25) is 24.5 Å². The molecule has 1 aliphatic heterocycles. The number of likely N-dealkylation sites (N-methyl/N-ethyl adjacent to an activating group) is 1. The largest absolute Gasteiger partial charge is 0.416 e. The SMILES string of the molecule is CCN(Cc1ccc(C(F)(F)F)cc1)[C@@H]1CCN(C(=O)[C@@H](NC(=O)[C@H](CC2CCCC2)CN(O)C=O)C(C)(C)C)C1. The molecule has 0 bridgehead atoms. The van der Waals surface area contributed by atoms with E-state index in [1.165, 1.54) is 12.1 Å². The van der Waals surface area contributed by atoms with Gasteiger partial charge >= 0.3 is 6.18 Å². The van der Waals surface area contributed by atoms with E-state index in [0.717, 1.165) is 43.4 Å². The maximum Gasteiger partial charge on any atom is 0.416 e. The molecular formula is C30H45F3N4O4. The number of nitrogens with zero attached hydrogens (tertiary/aromatic N) is 3. The van der Waals surface area contributed by atoms with Crippen LogP contribution in [0, 0.1) is 17.3 Å². The summed E-state index contributed by atoms with van der Waals surface area (Å²) in [5.74, 6) is -0.815. The lowest BCUT2D eigenvalue weighted by Crippen LogP contribution is -2.56. The molecule has 0 unspecified atom stereocenters. The molecule has 1 aromatic rings. The van der Waals surface area contributed by atoms with Gasteiger partial charge in [-0.2, -0.15) is 13.2 Å². The molecule has 3 rings (SSSR count). The minimum absolute atomic E-state index is 0.0354. The van der Waals surface area contributed by atoms with Crippen molar-refractivity contribution in [2.24, 2.45) is 17.3 Å². The summed E-state index contributed by atoms with van der Waals surface area (Å²) in [5.41, 5.74) is -0.497. The van der Waals surface area contributed by atoms with Gasteiger partial charge in [-0.05, 0) is 48.4 Å². The van der Waals surface area contributed by atoms with Crippen LogP contribution in [0.5, 0.6) is 0 Å². The van der Waals surface area contributed by atoms with Crippen LogP contribution in [0.25, 0.3) is 0 Å². The van der Waals surface area contributed by atoms with Gasteiger partial charge in [0.1, 0.15) is 6.04 Å². The Bertz CT molecular complexity index is 1020. The maximum atomic E-state index is 13.8. The van der Waals surface area contributed by atoms with Gasteiger partial charge in [-0.15, -0.1) is 0 Å². The number of hydroxylamine groups is 2. The van der Waals surface area contributed by atoms with Crippen LogP contribution < -0.4 is 5.32 Å². The lowest BCUT2D eigenvalue weighted by molar-refractivity contribution is -0.156. The van der Waals surface area contributed by atoms with Crippen LogP contribution in [0.15, 0.2) is 24.3 Å². The molecule has 2 N–H and O–H groups in total. The van der Waals surface area contributed by atoms with E-state index in [1.807, 2.05) is 27.7 Å². The highest BCUT2D eigenvalue weighted by Gasteiger charge is 2.40. The Morgan fingerprint density at radius 3 is 2.29 bits per heavy atom. The number of amides is 3. The van der Waals surface area contributed by atoms with Gasteiger partial charge in [0.05, 0.1) is 18.0 Å². The molecule has 1 aliphatic carbocycles. The van der Waals surface area contributed by atoms with E-state index in [2.05, 4.69) is 10.2 Å². The topological polar surface area (TPSA) is 93.2 Å². The molecule has 41 heavy (non-hydrogen) atoms. The highest BCUT2D eigenvalue weighted by molar-refractivity contribution is 5.89. The minimum atomic E-state index is -4.38. The van der Waals surface area contributed by atoms with Gasteiger partial charge in [0, 0.05) is 25.7 Å². The zero-order chi connectivity index (χ0) is 30.4. The summed E-state index contributed by atoms with van der Waals surface area (Å²) in [6.07, 6.45) is 1.38. The molecule has 3 amide bonds. The lowest BCUT2D eigenvalue weighted by Gasteiger charge is -2.35. The first-order valence-corrected chi connectivity index (χ1v) is 14.6. The molecule has 0 spiro atoms. The van der Waals surface area contributed by atoms with Crippen molar-refractivity contribution in [3.05, 3.63) is 35.4 Å². The average Bonchev–Trinajstić information content (AvgIpc) is 3.61. The fourth-order valence-corrected chi connectivity index (χ4v) is 6.05. The molecule has 1 saturated heterocycles. The highest BCUT2D eigenvalue weighted by atomic mass is 19.4. The molecule has 3 atom stereocenters. The van der Waals surface area contributed by atoms with Crippen LogP contribution in [-0.2, 0) is 27.1 Å². The zero-order valence-corrected chi connectivity index (χ0v) is 24.6. The number of nitrogens with one attached hydrogen (secondary N) is 1. The van der Waals surface area contributed by atoms with Crippen molar-refractivity contribution in [2.75, 3.05) is 26.2 Å². The van der Waals surface area contributed by atoms with Crippen LogP contribution in [-0.4, -0.2) is 76.6 Å². The van der Waals surface area contributed by atoms with Gasteiger partial charge in [0.2, 0.25) is 18.2 Å². The van der Waals surface area contributed by atoms with E-state index >= 15 is 0 Å². The Balaban J connectivity index is 1.67. The molecule has 0 aromatic heterocycles. The van der Waals surface area contributed by atoms with Crippen molar-refractivity contribution in [3.8, 4) is 0 Å². The van der Waals surface area contributed by atoms with Crippen LogP contribution in [0.2, 0.25) is 0 Å². The summed E-state index contributed by atoms with van der Waals surface area (Å²) in [4.78, 5) is 42.2. The van der Waals surface area contributed by atoms with E-state index < -0.39 is 29.1 Å². The molecule has 230 valence electrons. The van der Waals surface area contributed by atoms with Crippen LogP contribution in [0.4, 0.5) is 13.2 Å². The first-order chi connectivity index (χ1) is 19.2. The summed E-state index contributed by atoms with van der Waals surface area (Å²) in [7, 11) is 0. The van der Waals surface area contributed by atoms with Crippen LogP contribution in [0.1, 0.15) is 77.3 Å². The van der Waals surface area contributed by atoms with E-state index in [0.29, 0.717) is 50.0 Å². The second kappa shape index (κ2) is 14.0. The number of carbonyl (C=O) groups excluding carboxylic acids is 3. The van der Waals surface area contributed by atoms with Crippen molar-refractivity contribution in [1.82, 2.24) is 20.2 Å². The highest BCUT2D eigenvalue weighted by Crippen LogP contribution is 2.32. The summed E-state index contributed by atoms with van der Waals surface area (Å²) in [5, 5.41) is 13.3. The van der Waals surface area contributed by atoms with Gasteiger partial charge in [0.25, 0.3) is 0 Å². The second-order valence-corrected chi connectivity index (χ2v) is 12.6. The fraction of sp³-hybridized carbons (Fsp3) is 0.700. The van der Waals surface area contributed by atoms with Gasteiger partial charge in [-0.1, -0.05) is 65.5 Å². The number of likely N-dealkylation sites (tertiary alicyclic amines) is 1. The number of carbonyl (C=O) groups is 3. The van der Waals surface area contributed by atoms with Crippen molar-refractivity contribution < 1.29 is 32.8 Å². The molecule has 11 heteroatoms. The quantitative estimate of drug-likeness (QED) is 0.212. The van der Waals surface area contributed by atoms with Gasteiger partial charge < -0.3 is 10.2 Å². The first kappa shape index (κ1) is 32.8. The van der Waals surface area contributed by atoms with E-state index in [1.54, 1.807) is 4.90 Å². The summed E-state index contributed by atoms with van der Waals surface area (Å²) < 4.78 is 38.8. The number of hydrogen-bond acceptors (Lipinski definition) is 5. The third-order valence-electron chi connectivity index (χ3n) is 8.46. The third-order valence-corrected chi connectivity index (χ3v) is 8.46. The van der Waals surface area contributed by atoms with Gasteiger partial charge in [0.15, 0.2) is 0 Å². The smallest absolute Gasteiger partial charge is 0.344 e. The molecule has 2 aliphatic rings.